The number of carbonyl (C=O) groups excluding carboxylic acids is 1. The largest absolute Gasteiger partial charge is 0.506 e. The number of hydrazone groups is 1. The number of phenols is 1. The maximum absolute atomic E-state index is 13.0. The number of phenolic OH excluding ortho intramolecular Hbond substituents is 1. The van der Waals surface area contributed by atoms with Gasteiger partial charge in [-0.2, -0.15) is 5.10 Å². The molecule has 1 amide bonds. The number of rotatable bonds is 4. The summed E-state index contributed by atoms with van der Waals surface area (Å²) >= 11 is 5.54. The standard InChI is InChI=1S/C24H17BrIN3O2/c1-14-10-15(11-19(25)23(14)30)13-27-29-24(31)18-12-21(16-6-3-2-4-7-16)28-22-17(18)8-5-9-20(22)26/h2-13,30H,1H3,(H,29,31)/b27-13+. The van der Waals surface area contributed by atoms with E-state index in [-0.39, 0.29) is 11.7 Å². The molecule has 154 valence electrons. The predicted octanol–water partition coefficient (Wildman–Crippen LogP) is 6.05. The van der Waals surface area contributed by atoms with Crippen LogP contribution < -0.4 is 5.43 Å². The second kappa shape index (κ2) is 9.15. The molecule has 2 N–H and O–H groups in total. The number of hydrogen-bond donors (Lipinski definition) is 2. The van der Waals surface area contributed by atoms with Gasteiger partial charge in [-0.05, 0) is 80.8 Å². The lowest BCUT2D eigenvalue weighted by molar-refractivity contribution is 0.0956. The van der Waals surface area contributed by atoms with Gasteiger partial charge in [0.2, 0.25) is 0 Å². The number of aromatic nitrogens is 1. The van der Waals surface area contributed by atoms with Gasteiger partial charge < -0.3 is 5.11 Å². The van der Waals surface area contributed by atoms with Crippen molar-refractivity contribution >= 4 is 61.5 Å². The van der Waals surface area contributed by atoms with Crippen molar-refractivity contribution < 1.29 is 9.90 Å². The van der Waals surface area contributed by atoms with Gasteiger partial charge >= 0.3 is 0 Å². The lowest BCUT2D eigenvalue weighted by Gasteiger charge is -2.10. The third kappa shape index (κ3) is 4.62. The fourth-order valence-corrected chi connectivity index (χ4v) is 4.42. The van der Waals surface area contributed by atoms with E-state index in [1.807, 2.05) is 48.5 Å². The average Bonchev–Trinajstić information content (AvgIpc) is 2.77. The molecule has 0 atom stereocenters. The summed E-state index contributed by atoms with van der Waals surface area (Å²) in [6.45, 7) is 1.80. The molecule has 4 aromatic rings. The number of para-hydroxylation sites is 1. The summed E-state index contributed by atoms with van der Waals surface area (Å²) in [6.07, 6.45) is 1.54. The first-order valence-electron chi connectivity index (χ1n) is 9.41. The molecule has 3 aromatic carbocycles. The molecule has 0 radical (unpaired) electrons. The molecule has 0 spiro atoms. The average molecular weight is 586 g/mol. The number of halogens is 2. The summed E-state index contributed by atoms with van der Waals surface area (Å²) in [6, 6.07) is 20.8. The van der Waals surface area contributed by atoms with Gasteiger partial charge in [0, 0.05) is 14.5 Å². The highest BCUT2D eigenvalue weighted by Gasteiger charge is 2.15. The lowest BCUT2D eigenvalue weighted by atomic mass is 10.0. The van der Waals surface area contributed by atoms with E-state index in [4.69, 9.17) is 4.98 Å². The Balaban J connectivity index is 1.69. The van der Waals surface area contributed by atoms with Crippen LogP contribution in [-0.4, -0.2) is 22.2 Å². The molecule has 0 bridgehead atoms. The molecule has 0 fully saturated rings. The minimum absolute atomic E-state index is 0.187. The predicted molar refractivity (Wildman–Crippen MR) is 135 cm³/mol. The van der Waals surface area contributed by atoms with Crippen molar-refractivity contribution in [2.75, 3.05) is 0 Å². The van der Waals surface area contributed by atoms with Gasteiger partial charge in [-0.1, -0.05) is 42.5 Å². The molecule has 4 rings (SSSR count). The Morgan fingerprint density at radius 2 is 1.90 bits per heavy atom. The van der Waals surface area contributed by atoms with Gasteiger partial charge in [0.05, 0.1) is 27.5 Å². The van der Waals surface area contributed by atoms with E-state index in [0.29, 0.717) is 15.6 Å². The zero-order valence-corrected chi connectivity index (χ0v) is 20.2. The summed E-state index contributed by atoms with van der Waals surface area (Å²) < 4.78 is 1.54. The summed E-state index contributed by atoms with van der Waals surface area (Å²) in [5.74, 6) is -0.134. The molecule has 1 aromatic heterocycles. The third-order valence-corrected chi connectivity index (χ3v) is 6.24. The topological polar surface area (TPSA) is 74.6 Å². The van der Waals surface area contributed by atoms with Crippen molar-refractivity contribution in [2.45, 2.75) is 6.92 Å². The van der Waals surface area contributed by atoms with E-state index in [1.54, 1.807) is 31.3 Å². The zero-order valence-electron chi connectivity index (χ0n) is 16.4. The quantitative estimate of drug-likeness (QED) is 0.174. The number of aromatic hydroxyl groups is 1. The molecular weight excluding hydrogens is 569 g/mol. The van der Waals surface area contributed by atoms with Gasteiger partial charge in [0.1, 0.15) is 5.75 Å². The fraction of sp³-hybridized carbons (Fsp3) is 0.0417. The fourth-order valence-electron chi connectivity index (χ4n) is 3.22. The van der Waals surface area contributed by atoms with Gasteiger partial charge in [0.25, 0.3) is 5.91 Å². The van der Waals surface area contributed by atoms with Crippen LogP contribution >= 0.6 is 38.5 Å². The second-order valence-electron chi connectivity index (χ2n) is 6.92. The van der Waals surface area contributed by atoms with Crippen LogP contribution in [-0.2, 0) is 0 Å². The van der Waals surface area contributed by atoms with Crippen molar-refractivity contribution in [1.29, 1.82) is 0 Å². The molecule has 0 saturated carbocycles. The molecular formula is C24H17BrIN3O2. The first-order valence-corrected chi connectivity index (χ1v) is 11.3. The SMILES string of the molecule is Cc1cc(/C=N/NC(=O)c2cc(-c3ccccc3)nc3c(I)cccc23)cc(Br)c1O. The van der Waals surface area contributed by atoms with Gasteiger partial charge in [-0.25, -0.2) is 10.4 Å². The number of aryl methyl sites for hydroxylation is 1. The van der Waals surface area contributed by atoms with Crippen LogP contribution in [0, 0.1) is 10.5 Å². The zero-order chi connectivity index (χ0) is 22.0. The number of carbonyl (C=O) groups is 1. The monoisotopic (exact) mass is 585 g/mol. The van der Waals surface area contributed by atoms with Crippen LogP contribution in [0.1, 0.15) is 21.5 Å². The first kappa shape index (κ1) is 21.5. The molecule has 5 nitrogen and oxygen atoms in total. The summed E-state index contributed by atoms with van der Waals surface area (Å²) in [4.78, 5) is 17.8. The highest BCUT2D eigenvalue weighted by atomic mass is 127. The number of pyridine rings is 1. The van der Waals surface area contributed by atoms with Crippen molar-refractivity contribution in [2.24, 2.45) is 5.10 Å². The first-order chi connectivity index (χ1) is 14.9. The molecule has 1 heterocycles. The van der Waals surface area contributed by atoms with Crippen molar-refractivity contribution in [3.63, 3.8) is 0 Å². The normalized spacial score (nSPS) is 11.2. The molecule has 0 aliphatic heterocycles. The Labute approximate surface area is 201 Å². The van der Waals surface area contributed by atoms with Gasteiger partial charge in [-0.3, -0.25) is 4.79 Å². The minimum Gasteiger partial charge on any atom is -0.506 e. The van der Waals surface area contributed by atoms with Crippen LogP contribution in [0.15, 0.2) is 76.3 Å². The van der Waals surface area contributed by atoms with Crippen LogP contribution in [0.2, 0.25) is 0 Å². The van der Waals surface area contributed by atoms with Crippen molar-refractivity contribution in [3.8, 4) is 17.0 Å². The van der Waals surface area contributed by atoms with E-state index in [9.17, 15) is 9.90 Å². The van der Waals surface area contributed by atoms with Crippen LogP contribution in [0.5, 0.6) is 5.75 Å². The Morgan fingerprint density at radius 1 is 1.13 bits per heavy atom. The van der Waals surface area contributed by atoms with Crippen molar-refractivity contribution in [3.05, 3.63) is 91.5 Å². The van der Waals surface area contributed by atoms with E-state index >= 15 is 0 Å². The molecule has 0 unspecified atom stereocenters. The smallest absolute Gasteiger partial charge is 0.272 e. The highest BCUT2D eigenvalue weighted by Crippen LogP contribution is 2.29. The Kier molecular flexibility index (Phi) is 6.33. The molecule has 7 heteroatoms. The Morgan fingerprint density at radius 3 is 2.65 bits per heavy atom. The van der Waals surface area contributed by atoms with Crippen molar-refractivity contribution in [1.82, 2.24) is 10.4 Å². The van der Waals surface area contributed by atoms with Crippen LogP contribution in [0.4, 0.5) is 0 Å². The maximum Gasteiger partial charge on any atom is 0.272 e. The van der Waals surface area contributed by atoms with E-state index < -0.39 is 0 Å². The van der Waals surface area contributed by atoms with E-state index in [1.165, 1.54) is 0 Å². The summed E-state index contributed by atoms with van der Waals surface area (Å²) in [5, 5.41) is 14.7. The molecule has 0 saturated heterocycles. The van der Waals surface area contributed by atoms with E-state index in [0.717, 1.165) is 31.3 Å². The third-order valence-electron chi connectivity index (χ3n) is 4.76. The molecule has 31 heavy (non-hydrogen) atoms. The van der Waals surface area contributed by atoms with Gasteiger partial charge in [-0.15, -0.1) is 0 Å². The number of benzene rings is 3. The Bertz CT molecular complexity index is 1300. The molecule has 0 aliphatic carbocycles. The molecule has 0 aliphatic rings. The number of hydrogen-bond acceptors (Lipinski definition) is 4. The maximum atomic E-state index is 13.0. The minimum atomic E-state index is -0.322. The summed E-state index contributed by atoms with van der Waals surface area (Å²) in [7, 11) is 0. The van der Waals surface area contributed by atoms with E-state index in [2.05, 4.69) is 49.0 Å². The number of fused-ring (bicyclic) bond motifs is 1. The number of amides is 1. The summed E-state index contributed by atoms with van der Waals surface area (Å²) in [5.41, 5.74) is 7.02. The Hall–Kier alpha value is -2.78. The van der Waals surface area contributed by atoms with Gasteiger partial charge in [0.15, 0.2) is 0 Å². The lowest BCUT2D eigenvalue weighted by Crippen LogP contribution is -2.18. The second-order valence-corrected chi connectivity index (χ2v) is 8.94. The number of nitrogens with zero attached hydrogens (tertiary/aromatic N) is 2. The highest BCUT2D eigenvalue weighted by molar-refractivity contribution is 14.1. The number of nitrogens with one attached hydrogen (secondary N) is 1. The van der Waals surface area contributed by atoms with Crippen LogP contribution in [0.25, 0.3) is 22.2 Å². The van der Waals surface area contributed by atoms with Crippen LogP contribution in [0.3, 0.4) is 0 Å².